The Labute approximate surface area is 186 Å². The molecule has 6 nitrogen and oxygen atoms in total. The molecule has 4 rings (SSSR count). The second-order valence-corrected chi connectivity index (χ2v) is 12.0. The molecule has 1 aromatic carbocycles. The van der Waals surface area contributed by atoms with Crippen LogP contribution in [0.25, 0.3) is 0 Å². The van der Waals surface area contributed by atoms with Crippen molar-refractivity contribution in [3.05, 3.63) is 29.8 Å². The van der Waals surface area contributed by atoms with Crippen molar-refractivity contribution in [3.63, 3.8) is 0 Å². The Morgan fingerprint density at radius 2 is 1.81 bits per heavy atom. The largest absolute Gasteiger partial charge is 0.497 e. The number of amides is 1. The van der Waals surface area contributed by atoms with E-state index < -0.39 is 9.84 Å². The molecule has 0 spiro atoms. The number of ether oxygens (including phenoxy) is 1. The topological polar surface area (TPSA) is 75.7 Å². The average Bonchev–Trinajstić information content (AvgIpc) is 3.36. The summed E-state index contributed by atoms with van der Waals surface area (Å²) in [6, 6.07) is 8.84. The highest BCUT2D eigenvalue weighted by Gasteiger charge is 2.38. The first-order valence-electron chi connectivity index (χ1n) is 11.7. The van der Waals surface area contributed by atoms with E-state index >= 15 is 0 Å². The Balaban J connectivity index is 1.27. The van der Waals surface area contributed by atoms with E-state index in [0.29, 0.717) is 12.8 Å². The number of hydrogen-bond donors (Lipinski definition) is 1. The molecule has 1 saturated carbocycles. The molecule has 2 aliphatic heterocycles. The van der Waals surface area contributed by atoms with Crippen LogP contribution in [-0.4, -0.2) is 63.5 Å². The van der Waals surface area contributed by atoms with Gasteiger partial charge in [0.2, 0.25) is 5.91 Å². The lowest BCUT2D eigenvalue weighted by molar-refractivity contribution is -0.122. The van der Waals surface area contributed by atoms with Crippen molar-refractivity contribution in [3.8, 4) is 5.75 Å². The number of benzene rings is 1. The normalized spacial score (nSPS) is 26.0. The third kappa shape index (κ3) is 5.61. The Morgan fingerprint density at radius 3 is 2.39 bits per heavy atom. The van der Waals surface area contributed by atoms with E-state index in [2.05, 4.69) is 34.5 Å². The molecule has 1 atom stereocenters. The Morgan fingerprint density at radius 1 is 1.13 bits per heavy atom. The first kappa shape index (κ1) is 22.6. The van der Waals surface area contributed by atoms with E-state index in [1.165, 1.54) is 31.2 Å². The highest BCUT2D eigenvalue weighted by molar-refractivity contribution is 7.91. The predicted octanol–water partition coefficient (Wildman–Crippen LogP) is 2.91. The lowest BCUT2D eigenvalue weighted by Gasteiger charge is -2.39. The minimum absolute atomic E-state index is 0.00295. The Bertz CT molecular complexity index is 854. The molecule has 7 heteroatoms. The van der Waals surface area contributed by atoms with E-state index in [9.17, 15) is 13.2 Å². The van der Waals surface area contributed by atoms with Crippen LogP contribution in [0.2, 0.25) is 0 Å². The molecule has 2 saturated heterocycles. The van der Waals surface area contributed by atoms with Gasteiger partial charge in [-0.15, -0.1) is 0 Å². The summed E-state index contributed by atoms with van der Waals surface area (Å²) in [6.45, 7) is 3.08. The minimum Gasteiger partial charge on any atom is -0.497 e. The van der Waals surface area contributed by atoms with E-state index in [0.717, 1.165) is 38.2 Å². The van der Waals surface area contributed by atoms with Crippen LogP contribution < -0.4 is 10.1 Å². The number of carbonyl (C=O) groups is 1. The molecule has 1 N–H and O–H groups in total. The maximum Gasteiger partial charge on any atom is 0.220 e. The molecular formula is C24H36N2O4S. The van der Waals surface area contributed by atoms with Gasteiger partial charge in [0.1, 0.15) is 5.75 Å². The molecule has 1 aromatic rings. The van der Waals surface area contributed by atoms with Gasteiger partial charge in [-0.25, -0.2) is 8.42 Å². The Hall–Kier alpha value is -1.60. The van der Waals surface area contributed by atoms with Gasteiger partial charge in [-0.1, -0.05) is 25.0 Å². The number of rotatable bonds is 7. The van der Waals surface area contributed by atoms with Crippen LogP contribution in [0.3, 0.4) is 0 Å². The van der Waals surface area contributed by atoms with Crippen molar-refractivity contribution >= 4 is 15.7 Å². The van der Waals surface area contributed by atoms with Gasteiger partial charge in [-0.3, -0.25) is 4.79 Å². The molecule has 3 aliphatic rings. The van der Waals surface area contributed by atoms with Crippen molar-refractivity contribution in [1.29, 1.82) is 0 Å². The van der Waals surface area contributed by atoms with Gasteiger partial charge >= 0.3 is 0 Å². The third-order valence-electron chi connectivity index (χ3n) is 7.54. The second-order valence-electron chi connectivity index (χ2n) is 9.81. The van der Waals surface area contributed by atoms with Crippen LogP contribution in [0.1, 0.15) is 56.9 Å². The molecule has 0 radical (unpaired) electrons. The number of nitrogens with one attached hydrogen (secondary N) is 1. The fraction of sp³-hybridized carbons (Fsp3) is 0.708. The molecule has 172 valence electrons. The number of piperidine rings is 1. The van der Waals surface area contributed by atoms with Crippen molar-refractivity contribution in [1.82, 2.24) is 10.2 Å². The van der Waals surface area contributed by atoms with E-state index in [4.69, 9.17) is 4.74 Å². The maximum absolute atomic E-state index is 12.4. The van der Waals surface area contributed by atoms with Gasteiger partial charge in [-0.2, -0.15) is 0 Å². The first-order valence-corrected chi connectivity index (χ1v) is 13.6. The van der Waals surface area contributed by atoms with Gasteiger partial charge in [0.25, 0.3) is 0 Å². The first-order chi connectivity index (χ1) is 14.9. The fourth-order valence-electron chi connectivity index (χ4n) is 5.78. The summed E-state index contributed by atoms with van der Waals surface area (Å²) in [7, 11) is -1.21. The number of likely N-dealkylation sites (tertiary alicyclic amines) is 1. The molecule has 3 fully saturated rings. The number of methoxy groups -OCH3 is 1. The van der Waals surface area contributed by atoms with Crippen LogP contribution in [0.4, 0.5) is 0 Å². The molecule has 0 aromatic heterocycles. The highest BCUT2D eigenvalue weighted by atomic mass is 32.2. The monoisotopic (exact) mass is 448 g/mol. The number of sulfone groups is 1. The predicted molar refractivity (Wildman–Crippen MR) is 122 cm³/mol. The fourth-order valence-corrected chi connectivity index (χ4v) is 7.64. The Kier molecular flexibility index (Phi) is 6.92. The minimum atomic E-state index is -2.92. The van der Waals surface area contributed by atoms with Crippen LogP contribution in [-0.2, 0) is 20.0 Å². The summed E-state index contributed by atoms with van der Waals surface area (Å²) in [4.78, 5) is 15.0. The summed E-state index contributed by atoms with van der Waals surface area (Å²) < 4.78 is 28.6. The summed E-state index contributed by atoms with van der Waals surface area (Å²) in [5.41, 5.74) is 1.66. The van der Waals surface area contributed by atoms with E-state index in [-0.39, 0.29) is 34.8 Å². The highest BCUT2D eigenvalue weighted by Crippen LogP contribution is 2.42. The number of hydrogen-bond acceptors (Lipinski definition) is 5. The van der Waals surface area contributed by atoms with E-state index in [1.54, 1.807) is 7.11 Å². The standard InChI is InChI=1S/C24H36N2O4S/c1-30-22-6-4-20(5-7-22)24(11-2-3-12-24)18-26-13-8-21(9-14-26)25-23(27)16-19-10-15-31(28,29)17-19/h4-7,19,21H,2-3,8-18H2,1H3,(H,25,27). The molecular weight excluding hydrogens is 412 g/mol. The summed E-state index contributed by atoms with van der Waals surface area (Å²) in [5.74, 6) is 1.33. The van der Waals surface area contributed by atoms with Gasteiger partial charge in [0, 0.05) is 37.5 Å². The maximum atomic E-state index is 12.4. The lowest BCUT2D eigenvalue weighted by Crippen LogP contribution is -2.48. The van der Waals surface area contributed by atoms with Gasteiger partial charge in [0.15, 0.2) is 9.84 Å². The van der Waals surface area contributed by atoms with Crippen molar-refractivity contribution < 1.29 is 17.9 Å². The van der Waals surface area contributed by atoms with Gasteiger partial charge < -0.3 is 15.0 Å². The van der Waals surface area contributed by atoms with Crippen molar-refractivity contribution in [2.45, 2.75) is 62.8 Å². The molecule has 1 amide bonds. The number of nitrogens with zero attached hydrogens (tertiary/aromatic N) is 1. The van der Waals surface area contributed by atoms with Gasteiger partial charge in [0.05, 0.1) is 18.6 Å². The second kappa shape index (κ2) is 9.49. The average molecular weight is 449 g/mol. The van der Waals surface area contributed by atoms with Crippen LogP contribution in [0, 0.1) is 5.92 Å². The molecule has 1 aliphatic carbocycles. The summed E-state index contributed by atoms with van der Waals surface area (Å²) >= 11 is 0. The molecule has 31 heavy (non-hydrogen) atoms. The van der Waals surface area contributed by atoms with E-state index in [1.807, 2.05) is 0 Å². The van der Waals surface area contributed by atoms with Crippen LogP contribution >= 0.6 is 0 Å². The third-order valence-corrected chi connectivity index (χ3v) is 9.38. The zero-order valence-corrected chi connectivity index (χ0v) is 19.5. The zero-order valence-electron chi connectivity index (χ0n) is 18.6. The number of carbonyl (C=O) groups excluding carboxylic acids is 1. The lowest BCUT2D eigenvalue weighted by atomic mass is 9.78. The molecule has 2 heterocycles. The quantitative estimate of drug-likeness (QED) is 0.694. The smallest absolute Gasteiger partial charge is 0.220 e. The molecule has 1 unspecified atom stereocenters. The summed E-state index contributed by atoms with van der Waals surface area (Å²) in [5, 5.41) is 3.17. The summed E-state index contributed by atoms with van der Waals surface area (Å²) in [6.07, 6.45) is 7.95. The van der Waals surface area contributed by atoms with Crippen LogP contribution in [0.15, 0.2) is 24.3 Å². The van der Waals surface area contributed by atoms with Gasteiger partial charge in [-0.05, 0) is 55.7 Å². The molecule has 0 bridgehead atoms. The zero-order chi connectivity index (χ0) is 21.9. The van der Waals surface area contributed by atoms with Crippen LogP contribution in [0.5, 0.6) is 5.75 Å². The van der Waals surface area contributed by atoms with Crippen molar-refractivity contribution in [2.75, 3.05) is 38.2 Å². The van der Waals surface area contributed by atoms with Crippen molar-refractivity contribution in [2.24, 2.45) is 5.92 Å². The SMILES string of the molecule is COc1ccc(C2(CN3CCC(NC(=O)CC4CCS(=O)(=O)C4)CC3)CCCC2)cc1.